The van der Waals surface area contributed by atoms with Gasteiger partial charge in [0.15, 0.2) is 0 Å². The van der Waals surface area contributed by atoms with Gasteiger partial charge in [0.25, 0.3) is 0 Å². The molecule has 5 nitrogen and oxygen atoms in total. The summed E-state index contributed by atoms with van der Waals surface area (Å²) in [4.78, 5) is 33.4. The SMILES string of the molecule is Cc1cc(Cc2ccc(Cl)cc2)cc(C2CCN(C(=O)[C@@H](C)N3CCCC3=O)CC2)n1. The first-order valence-corrected chi connectivity index (χ1v) is 11.6. The Morgan fingerprint density at radius 2 is 1.84 bits per heavy atom. The lowest BCUT2D eigenvalue weighted by molar-refractivity contribution is -0.143. The van der Waals surface area contributed by atoms with E-state index >= 15 is 0 Å². The molecule has 0 bridgehead atoms. The van der Waals surface area contributed by atoms with Crippen LogP contribution in [0.4, 0.5) is 0 Å². The summed E-state index contributed by atoms with van der Waals surface area (Å²) in [5, 5.41) is 0.750. The van der Waals surface area contributed by atoms with Crippen molar-refractivity contribution in [2.24, 2.45) is 0 Å². The van der Waals surface area contributed by atoms with Gasteiger partial charge in [0.2, 0.25) is 11.8 Å². The van der Waals surface area contributed by atoms with Crippen LogP contribution < -0.4 is 0 Å². The molecule has 0 radical (unpaired) electrons. The van der Waals surface area contributed by atoms with Crippen molar-refractivity contribution in [2.75, 3.05) is 19.6 Å². The summed E-state index contributed by atoms with van der Waals surface area (Å²) in [5.74, 6) is 0.541. The zero-order chi connectivity index (χ0) is 22.0. The summed E-state index contributed by atoms with van der Waals surface area (Å²) < 4.78 is 0. The number of carbonyl (C=O) groups excluding carboxylic acids is 2. The molecule has 2 aliphatic rings. The van der Waals surface area contributed by atoms with Crippen molar-refractivity contribution in [2.45, 2.75) is 57.9 Å². The molecule has 2 aliphatic heterocycles. The van der Waals surface area contributed by atoms with Crippen LogP contribution in [0.1, 0.15) is 61.0 Å². The molecule has 0 N–H and O–H groups in total. The van der Waals surface area contributed by atoms with E-state index in [0.29, 0.717) is 18.9 Å². The van der Waals surface area contributed by atoms with Crippen molar-refractivity contribution < 1.29 is 9.59 Å². The van der Waals surface area contributed by atoms with Crippen LogP contribution in [-0.2, 0) is 16.0 Å². The van der Waals surface area contributed by atoms with Crippen LogP contribution in [0.15, 0.2) is 36.4 Å². The number of nitrogens with zero attached hydrogens (tertiary/aromatic N) is 3. The highest BCUT2D eigenvalue weighted by Gasteiger charge is 2.34. The highest BCUT2D eigenvalue weighted by Crippen LogP contribution is 2.29. The van der Waals surface area contributed by atoms with E-state index in [2.05, 4.69) is 24.3 Å². The van der Waals surface area contributed by atoms with Crippen LogP contribution in [0, 0.1) is 6.92 Å². The van der Waals surface area contributed by atoms with Gasteiger partial charge in [-0.25, -0.2) is 0 Å². The third-order valence-electron chi connectivity index (χ3n) is 6.51. The molecule has 0 saturated carbocycles. The van der Waals surface area contributed by atoms with Gasteiger partial charge >= 0.3 is 0 Å². The van der Waals surface area contributed by atoms with E-state index in [1.54, 1.807) is 4.90 Å². The van der Waals surface area contributed by atoms with Crippen LogP contribution in [0.3, 0.4) is 0 Å². The Morgan fingerprint density at radius 1 is 1.13 bits per heavy atom. The van der Waals surface area contributed by atoms with Gasteiger partial charge in [-0.1, -0.05) is 23.7 Å². The topological polar surface area (TPSA) is 53.5 Å². The number of carbonyl (C=O) groups is 2. The number of aryl methyl sites for hydroxylation is 1. The molecule has 3 heterocycles. The molecule has 4 rings (SSSR count). The van der Waals surface area contributed by atoms with Gasteiger partial charge in [-0.3, -0.25) is 14.6 Å². The molecule has 1 aromatic carbocycles. The Balaban J connectivity index is 1.39. The minimum Gasteiger partial charge on any atom is -0.341 e. The fourth-order valence-corrected chi connectivity index (χ4v) is 4.92. The number of aromatic nitrogens is 1. The second kappa shape index (κ2) is 9.39. The van der Waals surface area contributed by atoms with Gasteiger partial charge in [-0.15, -0.1) is 0 Å². The van der Waals surface area contributed by atoms with E-state index in [-0.39, 0.29) is 17.9 Å². The van der Waals surface area contributed by atoms with E-state index in [0.717, 1.165) is 55.2 Å². The monoisotopic (exact) mass is 439 g/mol. The van der Waals surface area contributed by atoms with E-state index in [4.69, 9.17) is 16.6 Å². The van der Waals surface area contributed by atoms with Crippen molar-refractivity contribution in [1.82, 2.24) is 14.8 Å². The molecule has 2 amide bonds. The number of hydrogen-bond donors (Lipinski definition) is 0. The molecule has 0 spiro atoms. The Bertz CT molecular complexity index is 952. The Hall–Kier alpha value is -2.40. The molecular formula is C25H30ClN3O2. The van der Waals surface area contributed by atoms with E-state index in [1.165, 1.54) is 11.1 Å². The number of hydrogen-bond acceptors (Lipinski definition) is 3. The smallest absolute Gasteiger partial charge is 0.245 e. The first kappa shape index (κ1) is 21.8. The third-order valence-corrected chi connectivity index (χ3v) is 6.77. The van der Waals surface area contributed by atoms with Crippen LogP contribution in [-0.4, -0.2) is 52.3 Å². The molecule has 0 aliphatic carbocycles. The zero-order valence-corrected chi connectivity index (χ0v) is 19.1. The molecule has 2 aromatic rings. The summed E-state index contributed by atoms with van der Waals surface area (Å²) in [6, 6.07) is 12.0. The van der Waals surface area contributed by atoms with Crippen LogP contribution >= 0.6 is 11.6 Å². The Morgan fingerprint density at radius 3 is 2.48 bits per heavy atom. The molecule has 1 aromatic heterocycles. The maximum Gasteiger partial charge on any atom is 0.245 e. The van der Waals surface area contributed by atoms with Crippen molar-refractivity contribution >= 4 is 23.4 Å². The number of rotatable bonds is 5. The average Bonchev–Trinajstić information content (AvgIpc) is 3.20. The highest BCUT2D eigenvalue weighted by molar-refractivity contribution is 6.30. The molecule has 1 atom stereocenters. The largest absolute Gasteiger partial charge is 0.341 e. The lowest BCUT2D eigenvalue weighted by Gasteiger charge is -2.35. The van der Waals surface area contributed by atoms with Crippen molar-refractivity contribution in [3.63, 3.8) is 0 Å². The van der Waals surface area contributed by atoms with Gasteiger partial charge < -0.3 is 9.80 Å². The fraction of sp³-hybridized carbons (Fsp3) is 0.480. The molecule has 164 valence electrons. The molecule has 0 unspecified atom stereocenters. The summed E-state index contributed by atoms with van der Waals surface area (Å²) in [6.07, 6.45) is 4.09. The van der Waals surface area contributed by atoms with Gasteiger partial charge in [-0.2, -0.15) is 0 Å². The lowest BCUT2D eigenvalue weighted by atomic mass is 9.91. The third kappa shape index (κ3) is 5.09. The zero-order valence-electron chi connectivity index (χ0n) is 18.3. The second-order valence-electron chi connectivity index (χ2n) is 8.81. The summed E-state index contributed by atoms with van der Waals surface area (Å²) in [7, 11) is 0. The molecule has 2 saturated heterocycles. The minimum atomic E-state index is -0.352. The maximum atomic E-state index is 12.9. The summed E-state index contributed by atoms with van der Waals surface area (Å²) >= 11 is 6.01. The van der Waals surface area contributed by atoms with E-state index < -0.39 is 0 Å². The lowest BCUT2D eigenvalue weighted by Crippen LogP contribution is -2.49. The molecule has 2 fully saturated rings. The van der Waals surface area contributed by atoms with Gasteiger partial charge in [-0.05, 0) is 74.9 Å². The summed E-state index contributed by atoms with van der Waals surface area (Å²) in [5.41, 5.74) is 4.64. The first-order chi connectivity index (χ1) is 14.9. The van der Waals surface area contributed by atoms with Crippen LogP contribution in [0.25, 0.3) is 0 Å². The number of likely N-dealkylation sites (tertiary alicyclic amines) is 2. The number of piperidine rings is 1. The number of benzene rings is 1. The van der Waals surface area contributed by atoms with Crippen LogP contribution in [0.2, 0.25) is 5.02 Å². The van der Waals surface area contributed by atoms with Gasteiger partial charge in [0, 0.05) is 48.4 Å². The van der Waals surface area contributed by atoms with Crippen LogP contribution in [0.5, 0.6) is 0 Å². The standard InChI is InChI=1S/C25H30ClN3O2/c1-17-14-20(15-19-5-7-22(26)8-6-19)16-23(27-17)21-9-12-28(13-10-21)25(31)18(2)29-11-3-4-24(29)30/h5-8,14,16,18,21H,3-4,9-13,15H2,1-2H3/t18-/m1/s1. The normalized spacial score (nSPS) is 18.5. The molecular weight excluding hydrogens is 410 g/mol. The maximum absolute atomic E-state index is 12.9. The van der Waals surface area contributed by atoms with Gasteiger partial charge in [0.1, 0.15) is 6.04 Å². The number of pyridine rings is 1. The van der Waals surface area contributed by atoms with E-state index in [1.807, 2.05) is 30.9 Å². The summed E-state index contributed by atoms with van der Waals surface area (Å²) in [6.45, 7) is 6.05. The predicted molar refractivity (Wildman–Crippen MR) is 122 cm³/mol. The molecule has 31 heavy (non-hydrogen) atoms. The Kier molecular flexibility index (Phi) is 6.61. The van der Waals surface area contributed by atoms with E-state index in [9.17, 15) is 9.59 Å². The van der Waals surface area contributed by atoms with Crippen molar-refractivity contribution in [1.29, 1.82) is 0 Å². The Labute approximate surface area is 189 Å². The fourth-order valence-electron chi connectivity index (χ4n) is 4.79. The number of halogens is 1. The highest BCUT2D eigenvalue weighted by atomic mass is 35.5. The predicted octanol–water partition coefficient (Wildman–Crippen LogP) is 4.35. The van der Waals surface area contributed by atoms with Crippen molar-refractivity contribution in [3.05, 3.63) is 63.9 Å². The minimum absolute atomic E-state index is 0.0781. The first-order valence-electron chi connectivity index (χ1n) is 11.2. The van der Waals surface area contributed by atoms with Crippen molar-refractivity contribution in [3.8, 4) is 0 Å². The molecule has 6 heteroatoms. The number of amides is 2. The quantitative estimate of drug-likeness (QED) is 0.695. The second-order valence-corrected chi connectivity index (χ2v) is 9.25. The van der Waals surface area contributed by atoms with Gasteiger partial charge in [0.05, 0.1) is 0 Å². The average molecular weight is 440 g/mol.